The summed E-state index contributed by atoms with van der Waals surface area (Å²) in [5.41, 5.74) is 3.35. The van der Waals surface area contributed by atoms with E-state index in [2.05, 4.69) is 16.2 Å². The van der Waals surface area contributed by atoms with Crippen LogP contribution in [0.15, 0.2) is 34.4 Å². The molecule has 1 aliphatic rings. The zero-order valence-electron chi connectivity index (χ0n) is 7.14. The first kappa shape index (κ1) is 7.98. The van der Waals surface area contributed by atoms with Gasteiger partial charge in [0, 0.05) is 24.8 Å². The molecule has 0 amide bonds. The molecule has 0 aromatic heterocycles. The van der Waals surface area contributed by atoms with Gasteiger partial charge in [-0.15, -0.1) is 5.16 Å². The van der Waals surface area contributed by atoms with Crippen LogP contribution >= 0.6 is 0 Å². The Kier molecular flexibility index (Phi) is 2.08. The maximum atomic E-state index is 8.26. The van der Waals surface area contributed by atoms with Gasteiger partial charge in [-0.05, 0) is 11.6 Å². The van der Waals surface area contributed by atoms with Crippen LogP contribution in [0, 0.1) is 0 Å². The van der Waals surface area contributed by atoms with E-state index in [0.29, 0.717) is 6.42 Å². The van der Waals surface area contributed by atoms with E-state index in [-0.39, 0.29) is 0 Å². The van der Waals surface area contributed by atoms with Crippen molar-refractivity contribution >= 4 is 17.6 Å². The lowest BCUT2D eigenvalue weighted by molar-refractivity contribution is 0.321. The normalized spacial score (nSPS) is 14.6. The topological polar surface area (TPSA) is 45.0 Å². The van der Waals surface area contributed by atoms with Crippen LogP contribution in [0.5, 0.6) is 0 Å². The molecule has 1 aliphatic heterocycles. The van der Waals surface area contributed by atoms with Crippen LogP contribution in [0.2, 0.25) is 0 Å². The number of hydrogen-bond donors (Lipinski definition) is 1. The Labute approximate surface area is 76.4 Å². The van der Waals surface area contributed by atoms with Crippen LogP contribution in [-0.4, -0.2) is 17.1 Å². The Hall–Kier alpha value is -1.64. The molecule has 2 rings (SSSR count). The van der Waals surface area contributed by atoms with Gasteiger partial charge in [0.25, 0.3) is 0 Å². The highest BCUT2D eigenvalue weighted by molar-refractivity contribution is 6.01. The summed E-state index contributed by atoms with van der Waals surface area (Å²) in [6, 6.07) is 8.06. The predicted molar refractivity (Wildman–Crippen MR) is 52.1 cm³/mol. The van der Waals surface area contributed by atoms with Gasteiger partial charge in [0.15, 0.2) is 0 Å². The highest BCUT2D eigenvalue weighted by Crippen LogP contribution is 2.26. The molecule has 0 unspecified atom stereocenters. The SMILES string of the molecule is ON=CCC1=Nc2ccccc2C1. The van der Waals surface area contributed by atoms with E-state index < -0.39 is 0 Å². The molecule has 1 aromatic rings. The fraction of sp³-hybridized carbons (Fsp3) is 0.200. The molecular weight excluding hydrogens is 164 g/mol. The van der Waals surface area contributed by atoms with Crippen molar-refractivity contribution in [1.29, 1.82) is 0 Å². The van der Waals surface area contributed by atoms with E-state index in [9.17, 15) is 0 Å². The third-order valence-corrected chi connectivity index (χ3v) is 2.07. The number of fused-ring (bicyclic) bond motifs is 1. The summed E-state index contributed by atoms with van der Waals surface area (Å²) in [5, 5.41) is 11.2. The molecule has 0 radical (unpaired) electrons. The number of nitrogens with zero attached hydrogens (tertiary/aromatic N) is 2. The van der Waals surface area contributed by atoms with Gasteiger partial charge in [0.1, 0.15) is 0 Å². The van der Waals surface area contributed by atoms with Gasteiger partial charge >= 0.3 is 0 Å². The summed E-state index contributed by atoms with van der Waals surface area (Å²) in [4.78, 5) is 4.40. The minimum atomic E-state index is 0.630. The zero-order chi connectivity index (χ0) is 9.10. The first-order chi connectivity index (χ1) is 6.40. The van der Waals surface area contributed by atoms with Gasteiger partial charge in [-0.3, -0.25) is 4.99 Å². The Bertz CT molecular complexity index is 369. The summed E-state index contributed by atoms with van der Waals surface area (Å²) < 4.78 is 0. The van der Waals surface area contributed by atoms with Crippen molar-refractivity contribution < 1.29 is 5.21 Å². The minimum Gasteiger partial charge on any atom is -0.411 e. The highest BCUT2D eigenvalue weighted by Gasteiger charge is 2.11. The third-order valence-electron chi connectivity index (χ3n) is 2.07. The summed E-state index contributed by atoms with van der Waals surface area (Å²) in [5.74, 6) is 0. The van der Waals surface area contributed by atoms with Crippen molar-refractivity contribution in [1.82, 2.24) is 0 Å². The predicted octanol–water partition coefficient (Wildman–Crippen LogP) is 2.17. The van der Waals surface area contributed by atoms with Crippen LogP contribution in [0.1, 0.15) is 12.0 Å². The molecule has 1 aromatic carbocycles. The van der Waals surface area contributed by atoms with Crippen LogP contribution in [0.25, 0.3) is 0 Å². The van der Waals surface area contributed by atoms with E-state index in [1.807, 2.05) is 18.2 Å². The molecular formula is C10H10N2O. The van der Waals surface area contributed by atoms with E-state index >= 15 is 0 Å². The lowest BCUT2D eigenvalue weighted by Crippen LogP contribution is -1.97. The van der Waals surface area contributed by atoms with Crippen LogP contribution < -0.4 is 0 Å². The van der Waals surface area contributed by atoms with Gasteiger partial charge in [-0.1, -0.05) is 18.2 Å². The molecule has 0 fully saturated rings. The molecule has 1 N–H and O–H groups in total. The zero-order valence-corrected chi connectivity index (χ0v) is 7.14. The van der Waals surface area contributed by atoms with Crippen molar-refractivity contribution in [2.24, 2.45) is 10.1 Å². The van der Waals surface area contributed by atoms with E-state index in [1.165, 1.54) is 11.8 Å². The van der Waals surface area contributed by atoms with Crippen molar-refractivity contribution in [3.8, 4) is 0 Å². The Morgan fingerprint density at radius 2 is 2.31 bits per heavy atom. The van der Waals surface area contributed by atoms with E-state index in [1.54, 1.807) is 0 Å². The lowest BCUT2D eigenvalue weighted by Gasteiger charge is -1.92. The minimum absolute atomic E-state index is 0.630. The van der Waals surface area contributed by atoms with Crippen molar-refractivity contribution in [3.05, 3.63) is 29.8 Å². The second kappa shape index (κ2) is 3.39. The summed E-state index contributed by atoms with van der Waals surface area (Å²) in [7, 11) is 0. The molecule has 0 saturated carbocycles. The molecule has 0 aliphatic carbocycles. The van der Waals surface area contributed by atoms with Gasteiger partial charge in [-0.25, -0.2) is 0 Å². The second-order valence-corrected chi connectivity index (χ2v) is 2.99. The van der Waals surface area contributed by atoms with Crippen molar-refractivity contribution in [2.45, 2.75) is 12.8 Å². The monoisotopic (exact) mass is 174 g/mol. The third kappa shape index (κ3) is 1.59. The smallest absolute Gasteiger partial charge is 0.0665 e. The summed E-state index contributed by atoms with van der Waals surface area (Å²) in [6.45, 7) is 0. The summed E-state index contributed by atoms with van der Waals surface area (Å²) >= 11 is 0. The standard InChI is InChI=1S/C10H10N2O/c13-11-6-5-9-7-8-3-1-2-4-10(8)12-9/h1-4,6,13H,5,7H2. The van der Waals surface area contributed by atoms with E-state index in [0.717, 1.165) is 17.8 Å². The summed E-state index contributed by atoms with van der Waals surface area (Å²) in [6.07, 6.45) is 2.97. The number of oxime groups is 1. The van der Waals surface area contributed by atoms with Crippen LogP contribution in [0.4, 0.5) is 5.69 Å². The van der Waals surface area contributed by atoms with Gasteiger partial charge in [0.2, 0.25) is 0 Å². The molecule has 3 heteroatoms. The second-order valence-electron chi connectivity index (χ2n) is 2.99. The lowest BCUT2D eigenvalue weighted by atomic mass is 10.1. The quantitative estimate of drug-likeness (QED) is 0.417. The molecule has 1 heterocycles. The fourth-order valence-corrected chi connectivity index (χ4v) is 1.46. The molecule has 66 valence electrons. The van der Waals surface area contributed by atoms with E-state index in [4.69, 9.17) is 5.21 Å². The van der Waals surface area contributed by atoms with Crippen molar-refractivity contribution in [3.63, 3.8) is 0 Å². The average molecular weight is 174 g/mol. The molecule has 0 atom stereocenters. The Morgan fingerprint density at radius 1 is 1.46 bits per heavy atom. The Balaban J connectivity index is 2.16. The van der Waals surface area contributed by atoms with Crippen molar-refractivity contribution in [2.75, 3.05) is 0 Å². The molecule has 13 heavy (non-hydrogen) atoms. The van der Waals surface area contributed by atoms with Gasteiger partial charge in [-0.2, -0.15) is 0 Å². The molecule has 0 bridgehead atoms. The largest absolute Gasteiger partial charge is 0.411 e. The first-order valence-electron chi connectivity index (χ1n) is 4.20. The molecule has 3 nitrogen and oxygen atoms in total. The number of aliphatic imine (C=N–C) groups is 1. The first-order valence-corrected chi connectivity index (χ1v) is 4.20. The Morgan fingerprint density at radius 3 is 3.08 bits per heavy atom. The number of rotatable bonds is 2. The van der Waals surface area contributed by atoms with Gasteiger partial charge < -0.3 is 5.21 Å². The van der Waals surface area contributed by atoms with Gasteiger partial charge in [0.05, 0.1) is 5.69 Å². The molecule has 0 spiro atoms. The number of para-hydroxylation sites is 1. The number of benzene rings is 1. The highest BCUT2D eigenvalue weighted by atomic mass is 16.4. The van der Waals surface area contributed by atoms with Crippen LogP contribution in [-0.2, 0) is 6.42 Å². The van der Waals surface area contributed by atoms with Crippen LogP contribution in [0.3, 0.4) is 0 Å². The fourth-order valence-electron chi connectivity index (χ4n) is 1.46. The number of hydrogen-bond acceptors (Lipinski definition) is 3. The maximum absolute atomic E-state index is 8.26. The molecule has 0 saturated heterocycles. The average Bonchev–Trinajstić information content (AvgIpc) is 2.57. The maximum Gasteiger partial charge on any atom is 0.0665 e.